The molecule has 1 rings (SSSR count). The Labute approximate surface area is 142 Å². The molecular weight excluding hydrogens is 389 g/mol. The van der Waals surface area contributed by atoms with E-state index in [2.05, 4.69) is 25.8 Å². The molecule has 0 bridgehead atoms. The van der Waals surface area contributed by atoms with Crippen LogP contribution >= 0.6 is 0 Å². The molecule has 0 aliphatic heterocycles. The van der Waals surface area contributed by atoms with Crippen LogP contribution in [0.2, 0.25) is 13.3 Å². The van der Waals surface area contributed by atoms with Crippen molar-refractivity contribution in [3.8, 4) is 0 Å². The number of hydrogen-bond acceptors (Lipinski definition) is 1. The van der Waals surface area contributed by atoms with E-state index >= 15 is 0 Å². The molecule has 0 aliphatic rings. The van der Waals surface area contributed by atoms with Gasteiger partial charge >= 0.3 is 143 Å². The van der Waals surface area contributed by atoms with Crippen molar-refractivity contribution >= 4 is 22.1 Å². The summed E-state index contributed by atoms with van der Waals surface area (Å²) >= 11 is -3.00. The quantitative estimate of drug-likeness (QED) is 0.435. The molecule has 0 aromatic carbocycles. The van der Waals surface area contributed by atoms with Gasteiger partial charge in [-0.25, -0.2) is 0 Å². The number of hydrogen-bond donors (Lipinski definition) is 0. The molecule has 0 spiro atoms. The zero-order valence-corrected chi connectivity index (χ0v) is 17.0. The van der Waals surface area contributed by atoms with E-state index < -0.39 is 37.6 Å². The predicted octanol–water partition coefficient (Wildman–Crippen LogP) is 5.41. The van der Waals surface area contributed by atoms with E-state index in [-0.39, 0.29) is 0 Å². The van der Waals surface area contributed by atoms with Crippen molar-refractivity contribution in [2.24, 2.45) is 6.98 Å². The van der Waals surface area contributed by atoms with Crippen molar-refractivity contribution in [3.63, 3.8) is 0 Å². The van der Waals surface area contributed by atoms with Gasteiger partial charge in [0.15, 0.2) is 0 Å². The van der Waals surface area contributed by atoms with Gasteiger partial charge in [-0.05, 0) is 0 Å². The van der Waals surface area contributed by atoms with Crippen LogP contribution < -0.4 is 3.71 Å². The zero-order chi connectivity index (χ0) is 19.1. The van der Waals surface area contributed by atoms with E-state index in [1.54, 1.807) is 0 Å². The normalized spacial score (nSPS) is 14.9. The second-order valence-corrected chi connectivity index (χ2v) is 19.3. The molecule has 22 heavy (non-hydrogen) atoms. The molecule has 1 heterocycles. The molecule has 2 nitrogen and oxygen atoms in total. The molecule has 128 valence electrons. The van der Waals surface area contributed by atoms with Crippen molar-refractivity contribution < 1.29 is 12.9 Å². The molecule has 0 unspecified atom stereocenters. The molecule has 0 atom stereocenters. The summed E-state index contributed by atoms with van der Waals surface area (Å²) in [5.74, 6) is -0.583. The van der Waals surface area contributed by atoms with Crippen molar-refractivity contribution in [2.75, 3.05) is 0 Å². The maximum absolute atomic E-state index is 13.4. The first-order valence-electron chi connectivity index (χ1n) is 10.1. The fourth-order valence-corrected chi connectivity index (χ4v) is 18.4. The third-order valence-corrected chi connectivity index (χ3v) is 19.5. The second-order valence-electron chi connectivity index (χ2n) is 6.25. The summed E-state index contributed by atoms with van der Waals surface area (Å²) in [6.07, 6.45) is 5.04. The molecule has 1 aromatic rings. The van der Waals surface area contributed by atoms with Gasteiger partial charge in [0, 0.05) is 0 Å². The first-order valence-corrected chi connectivity index (χ1v) is 16.1. The minimum absolute atomic E-state index is 0.583. The number of aromatic nitrogens is 2. The van der Waals surface area contributed by atoms with Gasteiger partial charge in [-0.1, -0.05) is 0 Å². The number of rotatable bonds is 11. The van der Waals surface area contributed by atoms with Crippen LogP contribution in [0.1, 0.15) is 75.7 Å². The van der Waals surface area contributed by atoms with Gasteiger partial charge in [0.1, 0.15) is 0 Å². The van der Waals surface area contributed by atoms with Crippen molar-refractivity contribution in [1.82, 2.24) is 9.55 Å². The number of halogens is 2. The molecular formula is C17H32F2N2Sn. The fraction of sp³-hybridized carbons (Fsp3) is 0.824. The van der Waals surface area contributed by atoms with Gasteiger partial charge < -0.3 is 0 Å². The van der Waals surface area contributed by atoms with E-state index in [0.29, 0.717) is 0 Å². The standard InChI is InChI=1S/C5H5F2N2.3C4H9.Sn/c1-9-3-2-8-5(9)4(6)7;3*1-3-4-2;/h3-4H,1H3;3*1,3-4H2,2H3;/i1D3;;;;. The minimum atomic E-state index is -3.00. The summed E-state index contributed by atoms with van der Waals surface area (Å²) in [6, 6.07) is 0. The van der Waals surface area contributed by atoms with Gasteiger partial charge in [-0.2, -0.15) is 0 Å². The van der Waals surface area contributed by atoms with Crippen molar-refractivity contribution in [1.29, 1.82) is 0 Å². The molecule has 0 radical (unpaired) electrons. The summed E-state index contributed by atoms with van der Waals surface area (Å²) in [5.41, 5.74) is 0. The monoisotopic (exact) mass is 425 g/mol. The third-order valence-electron chi connectivity index (χ3n) is 4.50. The molecule has 0 saturated carbocycles. The van der Waals surface area contributed by atoms with E-state index in [0.717, 1.165) is 60.1 Å². The Morgan fingerprint density at radius 3 is 1.91 bits per heavy atom. The van der Waals surface area contributed by atoms with Crippen LogP contribution in [0.4, 0.5) is 8.78 Å². The molecule has 1 aromatic heterocycles. The number of alkyl halides is 2. The van der Waals surface area contributed by atoms with Crippen molar-refractivity contribution in [2.45, 2.75) is 79.0 Å². The van der Waals surface area contributed by atoms with E-state index in [1.807, 2.05) is 0 Å². The van der Waals surface area contributed by atoms with Crippen molar-refractivity contribution in [3.05, 3.63) is 12.0 Å². The molecule has 0 aliphatic carbocycles. The Morgan fingerprint density at radius 1 is 1.09 bits per heavy atom. The molecule has 5 heteroatoms. The Hall–Kier alpha value is -0.131. The Bertz CT molecular complexity index is 497. The summed E-state index contributed by atoms with van der Waals surface area (Å²) in [5, 5.41) is 0. The Morgan fingerprint density at radius 2 is 1.59 bits per heavy atom. The first kappa shape index (κ1) is 15.4. The predicted molar refractivity (Wildman–Crippen MR) is 92.7 cm³/mol. The van der Waals surface area contributed by atoms with E-state index in [9.17, 15) is 8.78 Å². The topological polar surface area (TPSA) is 17.8 Å². The van der Waals surface area contributed by atoms with Crippen LogP contribution in [0.15, 0.2) is 6.20 Å². The number of nitrogens with zero attached hydrogens (tertiary/aromatic N) is 2. The second kappa shape index (κ2) is 9.89. The van der Waals surface area contributed by atoms with Crippen LogP contribution in [0.5, 0.6) is 0 Å². The van der Waals surface area contributed by atoms with Crippen LogP contribution in [-0.4, -0.2) is 27.9 Å². The fourth-order valence-electron chi connectivity index (χ4n) is 3.11. The van der Waals surface area contributed by atoms with Gasteiger partial charge in [0.05, 0.1) is 0 Å². The Balaban J connectivity index is 3.40. The van der Waals surface area contributed by atoms with Crippen LogP contribution in [-0.2, 0) is 6.98 Å². The van der Waals surface area contributed by atoms with Gasteiger partial charge in [-0.15, -0.1) is 0 Å². The van der Waals surface area contributed by atoms with Crippen LogP contribution in [0.3, 0.4) is 0 Å². The zero-order valence-electron chi connectivity index (χ0n) is 17.2. The first-order chi connectivity index (χ1) is 11.7. The van der Waals surface area contributed by atoms with E-state index in [4.69, 9.17) is 4.11 Å². The molecule has 0 saturated heterocycles. The molecule has 0 fully saturated rings. The summed E-state index contributed by atoms with van der Waals surface area (Å²) < 4.78 is 54.3. The summed E-state index contributed by atoms with van der Waals surface area (Å²) in [4.78, 5) is 4.25. The molecule has 0 amide bonds. The number of imidazole rings is 1. The summed E-state index contributed by atoms with van der Waals surface area (Å²) in [7, 11) is 0. The van der Waals surface area contributed by atoms with E-state index in [1.165, 1.54) is 6.20 Å². The SMILES string of the molecule is [2H]C([2H])([2H])n1c[c]([Sn]([CH2]CCC)([CH2]CCC)[CH2]CCC)nc1C(F)F. The van der Waals surface area contributed by atoms with Gasteiger partial charge in [0.25, 0.3) is 0 Å². The number of aryl methyl sites for hydroxylation is 1. The maximum atomic E-state index is 13.4. The van der Waals surface area contributed by atoms with Gasteiger partial charge in [0.2, 0.25) is 0 Å². The number of unbranched alkanes of at least 4 members (excludes halogenated alkanes) is 3. The average Bonchev–Trinajstić information content (AvgIpc) is 3.01. The molecule has 0 N–H and O–H groups in total. The van der Waals surface area contributed by atoms with Crippen LogP contribution in [0.25, 0.3) is 0 Å². The van der Waals surface area contributed by atoms with Crippen LogP contribution in [0, 0.1) is 0 Å². The summed E-state index contributed by atoms with van der Waals surface area (Å²) in [6.45, 7) is 3.82. The third kappa shape index (κ3) is 5.20. The average molecular weight is 424 g/mol. The van der Waals surface area contributed by atoms with Gasteiger partial charge in [-0.3, -0.25) is 0 Å². The Kier molecular flexibility index (Phi) is 6.92.